The summed E-state index contributed by atoms with van der Waals surface area (Å²) in [5, 5.41) is 0. The van der Waals surface area contributed by atoms with Crippen LogP contribution in [0.25, 0.3) is 16.7 Å². The highest BCUT2D eigenvalue weighted by atomic mass is 32.1. The number of imidazole rings is 1. The molecule has 0 fully saturated rings. The minimum atomic E-state index is -4.34. The quantitative estimate of drug-likeness (QED) is 0.626. The number of hydrogen-bond donors (Lipinski definition) is 1. The summed E-state index contributed by atoms with van der Waals surface area (Å²) in [7, 11) is 0. The van der Waals surface area contributed by atoms with Gasteiger partial charge < -0.3 is 4.98 Å². The molecule has 0 aliphatic heterocycles. The second-order valence-electron chi connectivity index (χ2n) is 4.83. The van der Waals surface area contributed by atoms with Crippen molar-refractivity contribution >= 4 is 23.3 Å². The molecule has 3 rings (SSSR count). The maximum absolute atomic E-state index is 12.6. The van der Waals surface area contributed by atoms with Crippen LogP contribution in [0.15, 0.2) is 42.5 Å². The molecule has 21 heavy (non-hydrogen) atoms. The van der Waals surface area contributed by atoms with E-state index in [-0.39, 0.29) is 0 Å². The van der Waals surface area contributed by atoms with Crippen molar-refractivity contribution in [3.05, 3.63) is 58.4 Å². The van der Waals surface area contributed by atoms with Gasteiger partial charge in [-0.2, -0.15) is 13.2 Å². The standard InChI is InChI=1S/C15H11F3N2S/c1-9-2-7-13-12(8-9)19-14(21)20(13)11-5-3-10(4-6-11)15(16,17)18/h2-8H,1H3,(H,19,21). The monoisotopic (exact) mass is 308 g/mol. The summed E-state index contributed by atoms with van der Waals surface area (Å²) in [5.74, 6) is 0. The third-order valence-electron chi connectivity index (χ3n) is 3.29. The van der Waals surface area contributed by atoms with Crippen molar-refractivity contribution in [1.82, 2.24) is 9.55 Å². The van der Waals surface area contributed by atoms with Gasteiger partial charge in [0.1, 0.15) is 0 Å². The topological polar surface area (TPSA) is 20.7 Å². The Kier molecular flexibility index (Phi) is 3.13. The molecule has 0 saturated carbocycles. The normalized spacial score (nSPS) is 12.0. The highest BCUT2D eigenvalue weighted by molar-refractivity contribution is 7.71. The summed E-state index contributed by atoms with van der Waals surface area (Å²) in [6.45, 7) is 1.96. The molecule has 3 aromatic rings. The first kappa shape index (κ1) is 13.9. The molecule has 2 aromatic carbocycles. The Balaban J connectivity index is 2.17. The van der Waals surface area contributed by atoms with E-state index in [1.807, 2.05) is 25.1 Å². The SMILES string of the molecule is Cc1ccc2c(c1)[nH]c(=S)n2-c1ccc(C(F)(F)F)cc1. The van der Waals surface area contributed by atoms with E-state index in [1.54, 1.807) is 4.57 Å². The number of aromatic nitrogens is 2. The zero-order chi connectivity index (χ0) is 15.2. The van der Waals surface area contributed by atoms with Crippen LogP contribution < -0.4 is 0 Å². The highest BCUT2D eigenvalue weighted by Gasteiger charge is 2.30. The highest BCUT2D eigenvalue weighted by Crippen LogP contribution is 2.30. The van der Waals surface area contributed by atoms with Gasteiger partial charge in [-0.3, -0.25) is 4.57 Å². The summed E-state index contributed by atoms with van der Waals surface area (Å²) in [5.41, 5.74) is 2.71. The Bertz CT molecular complexity index is 857. The number of benzene rings is 2. The zero-order valence-electron chi connectivity index (χ0n) is 11.0. The number of alkyl halides is 3. The van der Waals surface area contributed by atoms with Crippen LogP contribution in [-0.2, 0) is 6.18 Å². The van der Waals surface area contributed by atoms with E-state index >= 15 is 0 Å². The second kappa shape index (κ2) is 4.73. The molecule has 0 saturated heterocycles. The predicted molar refractivity (Wildman–Crippen MR) is 78.2 cm³/mol. The molecule has 0 spiro atoms. The third kappa shape index (κ3) is 2.47. The number of H-pyrrole nitrogens is 1. The Labute approximate surface area is 123 Å². The predicted octanol–water partition coefficient (Wildman–Crippen LogP) is 5.02. The maximum atomic E-state index is 12.6. The number of aromatic amines is 1. The van der Waals surface area contributed by atoms with Gasteiger partial charge in [-0.1, -0.05) is 6.07 Å². The van der Waals surface area contributed by atoms with Crippen LogP contribution in [0.3, 0.4) is 0 Å². The molecule has 1 aromatic heterocycles. The minimum absolute atomic E-state index is 0.454. The molecule has 0 atom stereocenters. The fraction of sp³-hybridized carbons (Fsp3) is 0.133. The lowest BCUT2D eigenvalue weighted by atomic mass is 10.2. The summed E-state index contributed by atoms with van der Waals surface area (Å²) in [6, 6.07) is 10.7. The maximum Gasteiger partial charge on any atom is 0.416 e. The van der Waals surface area contributed by atoms with E-state index in [1.165, 1.54) is 12.1 Å². The van der Waals surface area contributed by atoms with Crippen molar-refractivity contribution in [3.63, 3.8) is 0 Å². The van der Waals surface area contributed by atoms with Crippen LogP contribution >= 0.6 is 12.2 Å². The lowest BCUT2D eigenvalue weighted by Gasteiger charge is -2.09. The first-order valence-electron chi connectivity index (χ1n) is 6.25. The average molecular weight is 308 g/mol. The van der Waals surface area contributed by atoms with Gasteiger partial charge in [0.25, 0.3) is 0 Å². The summed E-state index contributed by atoms with van der Waals surface area (Å²) >= 11 is 5.27. The van der Waals surface area contributed by atoms with Crippen LogP contribution in [0.5, 0.6) is 0 Å². The van der Waals surface area contributed by atoms with Crippen molar-refractivity contribution in [2.75, 3.05) is 0 Å². The van der Waals surface area contributed by atoms with Gasteiger partial charge in [0, 0.05) is 5.69 Å². The molecule has 0 aliphatic rings. The fourth-order valence-corrected chi connectivity index (χ4v) is 2.60. The molecule has 0 unspecified atom stereocenters. The summed E-state index contributed by atoms with van der Waals surface area (Å²) in [4.78, 5) is 3.07. The number of nitrogens with one attached hydrogen (secondary N) is 1. The molecule has 108 valence electrons. The van der Waals surface area contributed by atoms with Crippen LogP contribution in [-0.4, -0.2) is 9.55 Å². The largest absolute Gasteiger partial charge is 0.416 e. The fourth-order valence-electron chi connectivity index (χ4n) is 2.28. The third-order valence-corrected chi connectivity index (χ3v) is 3.58. The van der Waals surface area contributed by atoms with E-state index in [0.29, 0.717) is 10.5 Å². The first-order chi connectivity index (χ1) is 9.86. The number of hydrogen-bond acceptors (Lipinski definition) is 1. The Morgan fingerprint density at radius 1 is 1.05 bits per heavy atom. The van der Waals surface area contributed by atoms with E-state index in [2.05, 4.69) is 4.98 Å². The van der Waals surface area contributed by atoms with Crippen molar-refractivity contribution < 1.29 is 13.2 Å². The molecular formula is C15H11F3N2S. The van der Waals surface area contributed by atoms with Crippen LogP contribution in [0, 0.1) is 11.7 Å². The Morgan fingerprint density at radius 3 is 2.33 bits per heavy atom. The molecule has 0 radical (unpaired) electrons. The van der Waals surface area contributed by atoms with Gasteiger partial charge in [0.2, 0.25) is 0 Å². The Morgan fingerprint density at radius 2 is 1.71 bits per heavy atom. The molecule has 2 nitrogen and oxygen atoms in total. The van der Waals surface area contributed by atoms with Crippen molar-refractivity contribution in [2.24, 2.45) is 0 Å². The Hall–Kier alpha value is -2.08. The van der Waals surface area contributed by atoms with Crippen molar-refractivity contribution in [3.8, 4) is 5.69 Å². The van der Waals surface area contributed by atoms with E-state index in [0.717, 1.165) is 28.7 Å². The lowest BCUT2D eigenvalue weighted by molar-refractivity contribution is -0.137. The average Bonchev–Trinajstić information content (AvgIpc) is 2.73. The number of fused-ring (bicyclic) bond motifs is 1. The first-order valence-corrected chi connectivity index (χ1v) is 6.66. The molecular weight excluding hydrogens is 297 g/mol. The van der Waals surface area contributed by atoms with Gasteiger partial charge in [-0.25, -0.2) is 0 Å². The summed E-state index contributed by atoms with van der Waals surface area (Å²) in [6.07, 6.45) is -4.34. The van der Waals surface area contributed by atoms with Crippen molar-refractivity contribution in [2.45, 2.75) is 13.1 Å². The molecule has 1 heterocycles. The van der Waals surface area contributed by atoms with Crippen LogP contribution in [0.4, 0.5) is 13.2 Å². The number of aryl methyl sites for hydroxylation is 1. The van der Waals surface area contributed by atoms with E-state index in [9.17, 15) is 13.2 Å². The molecule has 0 bridgehead atoms. The van der Waals surface area contributed by atoms with Gasteiger partial charge in [-0.05, 0) is 61.1 Å². The van der Waals surface area contributed by atoms with E-state index in [4.69, 9.17) is 12.2 Å². The molecule has 0 amide bonds. The van der Waals surface area contributed by atoms with Crippen LogP contribution in [0.1, 0.15) is 11.1 Å². The molecule has 6 heteroatoms. The number of halogens is 3. The van der Waals surface area contributed by atoms with Crippen molar-refractivity contribution in [1.29, 1.82) is 0 Å². The second-order valence-corrected chi connectivity index (χ2v) is 5.22. The lowest BCUT2D eigenvalue weighted by Crippen LogP contribution is -2.05. The van der Waals surface area contributed by atoms with Gasteiger partial charge >= 0.3 is 6.18 Å². The molecule has 1 N–H and O–H groups in total. The number of rotatable bonds is 1. The van der Waals surface area contributed by atoms with E-state index < -0.39 is 11.7 Å². The smallest absolute Gasteiger partial charge is 0.330 e. The molecule has 0 aliphatic carbocycles. The van der Waals surface area contributed by atoms with Gasteiger partial charge in [0.15, 0.2) is 4.77 Å². The summed E-state index contributed by atoms with van der Waals surface area (Å²) < 4.78 is 40.0. The van der Waals surface area contributed by atoms with Crippen LogP contribution in [0.2, 0.25) is 0 Å². The minimum Gasteiger partial charge on any atom is -0.330 e. The zero-order valence-corrected chi connectivity index (χ0v) is 11.8. The van der Waals surface area contributed by atoms with Gasteiger partial charge in [0.05, 0.1) is 16.6 Å². The van der Waals surface area contributed by atoms with Gasteiger partial charge in [-0.15, -0.1) is 0 Å². The number of nitrogens with zero attached hydrogens (tertiary/aromatic N) is 1.